The third-order valence-electron chi connectivity index (χ3n) is 4.04. The summed E-state index contributed by atoms with van der Waals surface area (Å²) >= 11 is 0. The number of carbonyl (C=O) groups is 1. The predicted octanol–water partition coefficient (Wildman–Crippen LogP) is 2.65. The zero-order chi connectivity index (χ0) is 13.7. The molecule has 0 spiro atoms. The lowest BCUT2D eigenvalue weighted by atomic mass is 9.82. The average molecular weight is 265 g/mol. The van der Waals surface area contributed by atoms with Crippen LogP contribution in [-0.2, 0) is 0 Å². The van der Waals surface area contributed by atoms with Crippen molar-refractivity contribution in [2.75, 3.05) is 6.61 Å². The van der Waals surface area contributed by atoms with Crippen LogP contribution in [0.5, 0.6) is 0 Å². The van der Waals surface area contributed by atoms with Gasteiger partial charge in [0.2, 0.25) is 0 Å². The monoisotopic (exact) mass is 265 g/mol. The van der Waals surface area contributed by atoms with Gasteiger partial charge in [0.15, 0.2) is 5.76 Å². The number of amides is 1. The molecule has 1 saturated carbocycles. The number of furan rings is 1. The average Bonchev–Trinajstić information content (AvgIpc) is 2.85. The van der Waals surface area contributed by atoms with Gasteiger partial charge in [0.25, 0.3) is 5.91 Å². The molecular formula is C15H23NO3. The second-order valence-corrected chi connectivity index (χ2v) is 5.42. The largest absolute Gasteiger partial charge is 0.459 e. The van der Waals surface area contributed by atoms with E-state index in [9.17, 15) is 9.90 Å². The summed E-state index contributed by atoms with van der Waals surface area (Å²) in [5.41, 5.74) is 0.851. The molecule has 1 unspecified atom stereocenters. The van der Waals surface area contributed by atoms with Gasteiger partial charge in [-0.1, -0.05) is 19.3 Å². The minimum absolute atomic E-state index is 0.0577. The van der Waals surface area contributed by atoms with Crippen LogP contribution in [0, 0.1) is 12.8 Å². The Morgan fingerprint density at radius 3 is 2.79 bits per heavy atom. The summed E-state index contributed by atoms with van der Waals surface area (Å²) in [4.78, 5) is 12.2. The first kappa shape index (κ1) is 14.1. The van der Waals surface area contributed by atoms with Crippen LogP contribution in [0.3, 0.4) is 0 Å². The molecule has 19 heavy (non-hydrogen) atoms. The summed E-state index contributed by atoms with van der Waals surface area (Å²) in [6.07, 6.45) is 8.17. The first-order valence-electron chi connectivity index (χ1n) is 7.18. The number of aryl methyl sites for hydroxylation is 1. The first-order chi connectivity index (χ1) is 9.22. The van der Waals surface area contributed by atoms with Crippen molar-refractivity contribution in [2.45, 2.75) is 51.5 Å². The van der Waals surface area contributed by atoms with Crippen molar-refractivity contribution in [2.24, 2.45) is 5.92 Å². The van der Waals surface area contributed by atoms with Gasteiger partial charge >= 0.3 is 0 Å². The fourth-order valence-corrected chi connectivity index (χ4v) is 2.94. The van der Waals surface area contributed by atoms with Crippen LogP contribution < -0.4 is 5.32 Å². The van der Waals surface area contributed by atoms with E-state index in [1.165, 1.54) is 25.5 Å². The molecule has 1 aromatic rings. The fourth-order valence-electron chi connectivity index (χ4n) is 2.94. The lowest BCUT2D eigenvalue weighted by Crippen LogP contribution is -2.41. The van der Waals surface area contributed by atoms with Gasteiger partial charge in [-0.15, -0.1) is 0 Å². The zero-order valence-corrected chi connectivity index (χ0v) is 11.5. The molecular weight excluding hydrogens is 242 g/mol. The molecule has 0 aliphatic heterocycles. The maximum absolute atomic E-state index is 12.2. The molecule has 1 heterocycles. The molecule has 2 rings (SSSR count). The standard InChI is InChI=1S/C15H23NO3/c1-11-8-10-19-14(11)15(18)16-13(7-9-17)12-5-3-2-4-6-12/h8,10,12-13,17H,2-7,9H2,1H3,(H,16,18). The van der Waals surface area contributed by atoms with E-state index in [4.69, 9.17) is 4.42 Å². The SMILES string of the molecule is Cc1ccoc1C(=O)NC(CCO)C1CCCCC1. The van der Waals surface area contributed by atoms with Crippen LogP contribution in [0.2, 0.25) is 0 Å². The molecule has 106 valence electrons. The van der Waals surface area contributed by atoms with Gasteiger partial charge in [-0.2, -0.15) is 0 Å². The summed E-state index contributed by atoms with van der Waals surface area (Å²) in [6, 6.07) is 1.85. The Hall–Kier alpha value is -1.29. The van der Waals surface area contributed by atoms with Gasteiger partial charge in [-0.25, -0.2) is 0 Å². The molecule has 1 atom stereocenters. The summed E-state index contributed by atoms with van der Waals surface area (Å²) in [6.45, 7) is 1.97. The van der Waals surface area contributed by atoms with E-state index in [0.29, 0.717) is 18.1 Å². The van der Waals surface area contributed by atoms with Crippen molar-refractivity contribution < 1.29 is 14.3 Å². The molecule has 2 N–H and O–H groups in total. The molecule has 1 amide bonds. The second-order valence-electron chi connectivity index (χ2n) is 5.42. The number of aliphatic hydroxyl groups excluding tert-OH is 1. The Kier molecular flexibility index (Phi) is 5.02. The minimum atomic E-state index is -0.161. The van der Waals surface area contributed by atoms with E-state index in [1.54, 1.807) is 6.07 Å². The highest BCUT2D eigenvalue weighted by Crippen LogP contribution is 2.28. The summed E-state index contributed by atoms with van der Waals surface area (Å²) in [5.74, 6) is 0.713. The van der Waals surface area contributed by atoms with Gasteiger partial charge in [-0.3, -0.25) is 4.79 Å². The maximum atomic E-state index is 12.2. The third kappa shape index (κ3) is 3.60. The normalized spacial score (nSPS) is 18.2. The Morgan fingerprint density at radius 1 is 1.47 bits per heavy atom. The number of carbonyl (C=O) groups excluding carboxylic acids is 1. The highest BCUT2D eigenvalue weighted by Gasteiger charge is 2.26. The van der Waals surface area contributed by atoms with Gasteiger partial charge in [0.1, 0.15) is 0 Å². The minimum Gasteiger partial charge on any atom is -0.459 e. The lowest BCUT2D eigenvalue weighted by molar-refractivity contribution is 0.0870. The highest BCUT2D eigenvalue weighted by molar-refractivity contribution is 5.93. The van der Waals surface area contributed by atoms with Crippen LogP contribution in [0.25, 0.3) is 0 Å². The molecule has 1 fully saturated rings. The van der Waals surface area contributed by atoms with Gasteiger partial charge in [0, 0.05) is 18.2 Å². The Bertz CT molecular complexity index is 407. The van der Waals surface area contributed by atoms with Gasteiger partial charge in [-0.05, 0) is 38.2 Å². The quantitative estimate of drug-likeness (QED) is 0.860. The van der Waals surface area contributed by atoms with E-state index in [2.05, 4.69) is 5.32 Å². The van der Waals surface area contributed by atoms with Crippen LogP contribution in [0.4, 0.5) is 0 Å². The second kappa shape index (κ2) is 6.75. The summed E-state index contributed by atoms with van der Waals surface area (Å²) in [5, 5.41) is 12.2. The van der Waals surface area contributed by atoms with E-state index in [0.717, 1.165) is 18.4 Å². The number of aliphatic hydroxyl groups is 1. The molecule has 1 aliphatic rings. The highest BCUT2D eigenvalue weighted by atomic mass is 16.3. The summed E-state index contributed by atoms with van der Waals surface area (Å²) < 4.78 is 5.22. The Morgan fingerprint density at radius 2 is 2.21 bits per heavy atom. The fraction of sp³-hybridized carbons (Fsp3) is 0.667. The molecule has 0 bridgehead atoms. The molecule has 0 aromatic carbocycles. The third-order valence-corrected chi connectivity index (χ3v) is 4.04. The van der Waals surface area contributed by atoms with E-state index < -0.39 is 0 Å². The van der Waals surface area contributed by atoms with Crippen LogP contribution in [0.1, 0.15) is 54.6 Å². The van der Waals surface area contributed by atoms with E-state index >= 15 is 0 Å². The predicted molar refractivity (Wildman–Crippen MR) is 73.0 cm³/mol. The van der Waals surface area contributed by atoms with Crippen molar-refractivity contribution >= 4 is 5.91 Å². The van der Waals surface area contributed by atoms with Crippen LogP contribution >= 0.6 is 0 Å². The first-order valence-corrected chi connectivity index (χ1v) is 7.18. The number of hydrogen-bond donors (Lipinski definition) is 2. The molecule has 1 aliphatic carbocycles. The number of rotatable bonds is 5. The molecule has 4 heteroatoms. The van der Waals surface area contributed by atoms with Crippen molar-refractivity contribution in [1.29, 1.82) is 0 Å². The molecule has 0 saturated heterocycles. The van der Waals surface area contributed by atoms with Gasteiger partial charge in [0.05, 0.1) is 6.26 Å². The summed E-state index contributed by atoms with van der Waals surface area (Å²) in [7, 11) is 0. The van der Waals surface area contributed by atoms with E-state index in [1.807, 2.05) is 6.92 Å². The topological polar surface area (TPSA) is 62.5 Å². The van der Waals surface area contributed by atoms with Crippen LogP contribution in [0.15, 0.2) is 16.7 Å². The number of nitrogens with one attached hydrogen (secondary N) is 1. The van der Waals surface area contributed by atoms with Gasteiger partial charge < -0.3 is 14.8 Å². The maximum Gasteiger partial charge on any atom is 0.287 e. The number of hydrogen-bond acceptors (Lipinski definition) is 3. The molecule has 0 radical (unpaired) electrons. The Balaban J connectivity index is 1.99. The smallest absolute Gasteiger partial charge is 0.287 e. The van der Waals surface area contributed by atoms with Crippen molar-refractivity contribution in [1.82, 2.24) is 5.32 Å². The zero-order valence-electron chi connectivity index (χ0n) is 11.5. The molecule has 1 aromatic heterocycles. The van der Waals surface area contributed by atoms with E-state index in [-0.39, 0.29) is 18.6 Å². The van der Waals surface area contributed by atoms with Crippen molar-refractivity contribution in [3.63, 3.8) is 0 Å². The molecule has 4 nitrogen and oxygen atoms in total. The van der Waals surface area contributed by atoms with Crippen molar-refractivity contribution in [3.05, 3.63) is 23.7 Å². The van der Waals surface area contributed by atoms with Crippen molar-refractivity contribution in [3.8, 4) is 0 Å². The van der Waals surface area contributed by atoms with Crippen LogP contribution in [-0.4, -0.2) is 23.7 Å². The Labute approximate surface area is 114 Å². The lowest BCUT2D eigenvalue weighted by Gasteiger charge is -2.30.